The number of halogens is 3. The first-order chi connectivity index (χ1) is 17.4. The number of nitrogens with two attached hydrogens (primary N) is 1. The van der Waals surface area contributed by atoms with Gasteiger partial charge < -0.3 is 30.1 Å². The second kappa shape index (κ2) is 12.5. The number of hydrogen-bond donors (Lipinski definition) is 4. The van der Waals surface area contributed by atoms with Crippen LogP contribution in [-0.2, 0) is 20.4 Å². The lowest BCUT2D eigenvalue weighted by atomic mass is 9.89. The van der Waals surface area contributed by atoms with Gasteiger partial charge in [0.2, 0.25) is 0 Å². The Labute approximate surface area is 213 Å². The lowest BCUT2D eigenvalue weighted by molar-refractivity contribution is -0.112. The number of aliphatic hydroxyl groups is 1. The van der Waals surface area contributed by atoms with E-state index in [9.17, 15) is 22.8 Å². The molecule has 12 heteroatoms. The Balaban J connectivity index is 1.62. The summed E-state index contributed by atoms with van der Waals surface area (Å²) in [5.41, 5.74) is 4.54. The van der Waals surface area contributed by atoms with Crippen LogP contribution < -0.4 is 10.5 Å². The van der Waals surface area contributed by atoms with E-state index < -0.39 is 44.4 Å². The molecule has 5 N–H and O–H groups in total. The Morgan fingerprint density at radius 1 is 1.16 bits per heavy atom. The maximum Gasteiger partial charge on any atom is 0.469 e. The molecule has 0 fully saturated rings. The van der Waals surface area contributed by atoms with Gasteiger partial charge in [0.15, 0.2) is 0 Å². The van der Waals surface area contributed by atoms with Gasteiger partial charge in [0.1, 0.15) is 11.5 Å². The van der Waals surface area contributed by atoms with Gasteiger partial charge in [-0.2, -0.15) is 13.2 Å². The third-order valence-electron chi connectivity index (χ3n) is 5.90. The highest BCUT2D eigenvalue weighted by atomic mass is 31.2. The van der Waals surface area contributed by atoms with Crippen molar-refractivity contribution in [2.45, 2.75) is 56.5 Å². The molecule has 1 aromatic carbocycles. The average molecular weight is 545 g/mol. The van der Waals surface area contributed by atoms with Crippen molar-refractivity contribution in [2.24, 2.45) is 5.73 Å². The molecular weight excluding hydrogens is 514 g/mol. The summed E-state index contributed by atoms with van der Waals surface area (Å²) >= 11 is 0. The van der Waals surface area contributed by atoms with Gasteiger partial charge in [-0.25, -0.2) is 4.57 Å². The number of phosphoric acid groups is 1. The summed E-state index contributed by atoms with van der Waals surface area (Å²) in [6.07, 6.45) is 4.40. The summed E-state index contributed by atoms with van der Waals surface area (Å²) in [6.45, 7) is -1.37. The molecule has 0 saturated heterocycles. The predicted octanol–water partition coefficient (Wildman–Crippen LogP) is 4.58. The maximum atomic E-state index is 13.8. The third-order valence-corrected chi connectivity index (χ3v) is 6.37. The van der Waals surface area contributed by atoms with Crippen LogP contribution in [0.5, 0.6) is 5.75 Å². The topological polar surface area (TPSA) is 131 Å². The molecular formula is C25H31F3NO7P. The third kappa shape index (κ3) is 9.54. The van der Waals surface area contributed by atoms with Crippen molar-refractivity contribution >= 4 is 7.82 Å². The van der Waals surface area contributed by atoms with E-state index in [1.54, 1.807) is 30.3 Å². The molecule has 204 valence electrons. The first kappa shape index (κ1) is 29.3. The Bertz CT molecular complexity index is 1110. The Hall–Kier alpha value is -2.24. The first-order valence-electron chi connectivity index (χ1n) is 11.7. The van der Waals surface area contributed by atoms with Gasteiger partial charge in [-0.1, -0.05) is 29.9 Å². The van der Waals surface area contributed by atoms with Crippen LogP contribution >= 0.6 is 7.82 Å². The van der Waals surface area contributed by atoms with E-state index in [-0.39, 0.29) is 25.9 Å². The van der Waals surface area contributed by atoms with E-state index >= 15 is 0 Å². The fourth-order valence-electron chi connectivity index (χ4n) is 3.83. The maximum absolute atomic E-state index is 13.8. The first-order valence-corrected chi connectivity index (χ1v) is 13.2. The molecule has 0 radical (unpaired) electrons. The zero-order chi connectivity index (χ0) is 27.1. The van der Waals surface area contributed by atoms with Gasteiger partial charge in [0, 0.05) is 0 Å². The zero-order valence-corrected chi connectivity index (χ0v) is 21.0. The molecule has 2 unspecified atom stereocenters. The number of benzene rings is 1. The monoisotopic (exact) mass is 545 g/mol. The Morgan fingerprint density at radius 2 is 1.95 bits per heavy atom. The van der Waals surface area contributed by atoms with Gasteiger partial charge in [-0.15, -0.1) is 0 Å². The number of alkyl halides is 3. The largest absolute Gasteiger partial charge is 0.469 e. The minimum absolute atomic E-state index is 0.0236. The summed E-state index contributed by atoms with van der Waals surface area (Å²) < 4.78 is 68.3. The number of rotatable bonds is 12. The van der Waals surface area contributed by atoms with Gasteiger partial charge in [0.05, 0.1) is 37.0 Å². The number of ether oxygens (including phenoxy) is 2. The van der Waals surface area contributed by atoms with Gasteiger partial charge in [-0.3, -0.25) is 4.52 Å². The van der Waals surface area contributed by atoms with Crippen molar-refractivity contribution in [3.05, 3.63) is 77.1 Å². The zero-order valence-electron chi connectivity index (χ0n) is 20.1. The number of hydrogen-bond acceptors (Lipinski definition) is 6. The molecule has 0 amide bonds. The normalized spacial score (nSPS) is 20.1. The second-order valence-corrected chi connectivity index (χ2v) is 10.3. The van der Waals surface area contributed by atoms with Gasteiger partial charge in [-0.05, 0) is 68.0 Å². The van der Waals surface area contributed by atoms with Crippen LogP contribution in [0, 0.1) is 0 Å². The number of aliphatic hydroxyl groups excluding tert-OH is 1. The molecule has 37 heavy (non-hydrogen) atoms. The van der Waals surface area contributed by atoms with Crippen molar-refractivity contribution in [2.75, 3.05) is 13.2 Å². The van der Waals surface area contributed by atoms with E-state index in [2.05, 4.69) is 4.52 Å². The molecule has 0 aliphatic heterocycles. The lowest BCUT2D eigenvalue weighted by Crippen LogP contribution is -2.48. The quantitative estimate of drug-likeness (QED) is 0.281. The molecule has 0 spiro atoms. The van der Waals surface area contributed by atoms with Crippen LogP contribution in [0.3, 0.4) is 0 Å². The van der Waals surface area contributed by atoms with E-state index in [0.29, 0.717) is 22.6 Å². The van der Waals surface area contributed by atoms with Gasteiger partial charge >= 0.3 is 14.0 Å². The Morgan fingerprint density at radius 3 is 2.59 bits per heavy atom. The summed E-state index contributed by atoms with van der Waals surface area (Å²) in [4.78, 5) is 17.7. The summed E-state index contributed by atoms with van der Waals surface area (Å²) in [5, 5.41) is 9.52. The highest BCUT2D eigenvalue weighted by molar-refractivity contribution is 7.46. The minimum Gasteiger partial charge on any atom is -0.458 e. The van der Waals surface area contributed by atoms with Crippen LogP contribution in [0.4, 0.5) is 13.2 Å². The second-order valence-electron chi connectivity index (χ2n) is 9.03. The highest BCUT2D eigenvalue weighted by Crippen LogP contribution is 2.38. The molecule has 0 bridgehead atoms. The molecule has 1 aromatic rings. The van der Waals surface area contributed by atoms with Crippen molar-refractivity contribution in [1.82, 2.24) is 0 Å². The summed E-state index contributed by atoms with van der Waals surface area (Å²) in [5.74, 6) is 1.28. The molecule has 3 rings (SSSR count). The minimum atomic E-state index is -4.81. The molecule has 0 heterocycles. The SMILES string of the molecule is NC(CO)(CCC1=CCC(OCc2cccc(OC3=CCCC=C3)c2)C(C(F)(F)F)=C1)COP(=O)(O)O. The van der Waals surface area contributed by atoms with Crippen LogP contribution in [-0.4, -0.2) is 45.9 Å². The van der Waals surface area contributed by atoms with E-state index in [1.807, 2.05) is 18.2 Å². The fraction of sp³-hybridized carbons (Fsp3) is 0.440. The fourth-order valence-corrected chi connectivity index (χ4v) is 4.26. The number of phosphoric ester groups is 1. The molecule has 2 aliphatic carbocycles. The van der Waals surface area contributed by atoms with E-state index in [4.69, 9.17) is 25.0 Å². The summed E-state index contributed by atoms with van der Waals surface area (Å²) in [7, 11) is -4.81. The predicted molar refractivity (Wildman–Crippen MR) is 130 cm³/mol. The van der Waals surface area contributed by atoms with Crippen LogP contribution in [0.1, 0.15) is 37.7 Å². The average Bonchev–Trinajstić information content (AvgIpc) is 2.85. The van der Waals surface area contributed by atoms with Crippen LogP contribution in [0.2, 0.25) is 0 Å². The van der Waals surface area contributed by atoms with Gasteiger partial charge in [0.25, 0.3) is 0 Å². The molecule has 0 aromatic heterocycles. The van der Waals surface area contributed by atoms with Crippen LogP contribution in [0.15, 0.2) is 71.6 Å². The summed E-state index contributed by atoms with van der Waals surface area (Å²) in [6, 6.07) is 6.98. The molecule has 8 nitrogen and oxygen atoms in total. The molecule has 2 aliphatic rings. The van der Waals surface area contributed by atoms with E-state index in [0.717, 1.165) is 18.9 Å². The Kier molecular flexibility index (Phi) is 9.93. The molecule has 0 saturated carbocycles. The number of allylic oxidation sites excluding steroid dienone is 5. The van der Waals surface area contributed by atoms with Crippen molar-refractivity contribution in [1.29, 1.82) is 0 Å². The van der Waals surface area contributed by atoms with Crippen molar-refractivity contribution in [3.63, 3.8) is 0 Å². The van der Waals surface area contributed by atoms with Crippen molar-refractivity contribution in [3.8, 4) is 5.75 Å². The smallest absolute Gasteiger partial charge is 0.458 e. The highest BCUT2D eigenvalue weighted by Gasteiger charge is 2.40. The van der Waals surface area contributed by atoms with E-state index in [1.165, 1.54) is 0 Å². The standard InChI is InChI=1S/C25H31F3NO7P/c26-25(27,28)22-14-18(11-12-24(29,16-30)17-35-37(31,32)33)9-10-23(22)34-15-19-5-4-8-21(13-19)36-20-6-2-1-3-7-20/h2,4-9,13-14,23,30H,1,3,10-12,15-17,29H2,(H2,31,32,33). The lowest BCUT2D eigenvalue weighted by Gasteiger charge is -2.29. The van der Waals surface area contributed by atoms with Crippen LogP contribution in [0.25, 0.3) is 0 Å². The van der Waals surface area contributed by atoms with Crippen molar-refractivity contribution < 1.29 is 46.6 Å². The molecule has 2 atom stereocenters.